The lowest BCUT2D eigenvalue weighted by atomic mass is 9.93. The van der Waals surface area contributed by atoms with Crippen LogP contribution in [0.4, 0.5) is 5.69 Å². The van der Waals surface area contributed by atoms with Gasteiger partial charge in [-0.25, -0.2) is 8.42 Å². The monoisotopic (exact) mass is 366 g/mol. The van der Waals surface area contributed by atoms with Crippen LogP contribution in [0, 0.1) is 5.92 Å². The van der Waals surface area contributed by atoms with Gasteiger partial charge in [-0.3, -0.25) is 4.79 Å². The van der Waals surface area contributed by atoms with Crippen LogP contribution in [0.2, 0.25) is 0 Å². The van der Waals surface area contributed by atoms with Gasteiger partial charge in [0, 0.05) is 19.0 Å². The molecule has 25 heavy (non-hydrogen) atoms. The number of nitrogens with one attached hydrogen (secondary N) is 1. The molecule has 1 aliphatic rings. The second-order valence-electron chi connectivity index (χ2n) is 5.92. The Kier molecular flexibility index (Phi) is 6.61. The predicted octanol–water partition coefficient (Wildman–Crippen LogP) is 3.02. The van der Waals surface area contributed by atoms with E-state index in [0.717, 1.165) is 12.8 Å². The molecule has 0 heterocycles. The molecule has 0 unspecified atom stereocenters. The van der Waals surface area contributed by atoms with E-state index in [1.54, 1.807) is 19.9 Å². The second kappa shape index (κ2) is 8.49. The standard InChI is InChI=1S/C18H26N2O4S/c1-4-20(5-2)25(22,23)15-11-12-17(24-3)16(13-15)19-18(21)14-9-7-6-8-10-14/h6-7,11-14H,4-5,8-10H2,1-3H3,(H,19,21)/t14-/m1/s1. The summed E-state index contributed by atoms with van der Waals surface area (Å²) in [7, 11) is -2.10. The van der Waals surface area contributed by atoms with Crippen molar-refractivity contribution in [1.82, 2.24) is 4.31 Å². The average molecular weight is 366 g/mol. The topological polar surface area (TPSA) is 75.7 Å². The highest BCUT2D eigenvalue weighted by atomic mass is 32.2. The molecule has 0 saturated heterocycles. The van der Waals surface area contributed by atoms with Crippen molar-refractivity contribution in [1.29, 1.82) is 0 Å². The number of amides is 1. The molecule has 6 nitrogen and oxygen atoms in total. The van der Waals surface area contributed by atoms with Crippen LogP contribution in [0.3, 0.4) is 0 Å². The van der Waals surface area contributed by atoms with Crippen molar-refractivity contribution >= 4 is 21.6 Å². The number of carbonyl (C=O) groups excluding carboxylic acids is 1. The summed E-state index contributed by atoms with van der Waals surface area (Å²) in [5.41, 5.74) is 0.385. The molecule has 1 atom stereocenters. The van der Waals surface area contributed by atoms with Crippen molar-refractivity contribution < 1.29 is 17.9 Å². The second-order valence-corrected chi connectivity index (χ2v) is 7.86. The summed E-state index contributed by atoms with van der Waals surface area (Å²) in [4.78, 5) is 12.6. The number of benzene rings is 1. The smallest absolute Gasteiger partial charge is 0.243 e. The Bertz CT molecular complexity index is 739. The minimum atomic E-state index is -3.59. The fourth-order valence-electron chi connectivity index (χ4n) is 2.92. The zero-order valence-corrected chi connectivity index (χ0v) is 15.8. The van der Waals surface area contributed by atoms with Crippen molar-refractivity contribution in [2.45, 2.75) is 38.0 Å². The van der Waals surface area contributed by atoms with Crippen LogP contribution in [-0.4, -0.2) is 38.8 Å². The normalized spacial score (nSPS) is 17.5. The lowest BCUT2D eigenvalue weighted by molar-refractivity contribution is -0.120. The van der Waals surface area contributed by atoms with E-state index in [-0.39, 0.29) is 16.7 Å². The van der Waals surface area contributed by atoms with Gasteiger partial charge in [-0.15, -0.1) is 0 Å². The highest BCUT2D eigenvalue weighted by Crippen LogP contribution is 2.30. The van der Waals surface area contributed by atoms with Crippen LogP contribution in [-0.2, 0) is 14.8 Å². The number of hydrogen-bond donors (Lipinski definition) is 1. The molecular formula is C18H26N2O4S. The lowest BCUT2D eigenvalue weighted by Crippen LogP contribution is -2.30. The zero-order chi connectivity index (χ0) is 18.4. The summed E-state index contributed by atoms with van der Waals surface area (Å²) < 4.78 is 32.1. The largest absolute Gasteiger partial charge is 0.495 e. The summed E-state index contributed by atoms with van der Waals surface area (Å²) in [5, 5.41) is 2.84. The van der Waals surface area contributed by atoms with Gasteiger partial charge in [0.1, 0.15) is 5.75 Å². The Morgan fingerprint density at radius 3 is 2.56 bits per heavy atom. The summed E-state index contributed by atoms with van der Waals surface area (Å²) in [6.45, 7) is 4.37. The number of carbonyl (C=O) groups is 1. The summed E-state index contributed by atoms with van der Waals surface area (Å²) in [5.74, 6) is 0.232. The Morgan fingerprint density at radius 1 is 1.28 bits per heavy atom. The molecule has 0 aliphatic heterocycles. The lowest BCUT2D eigenvalue weighted by Gasteiger charge is -2.21. The molecule has 0 saturated carbocycles. The fourth-order valence-corrected chi connectivity index (χ4v) is 4.41. The number of ether oxygens (including phenoxy) is 1. The Morgan fingerprint density at radius 2 is 2.00 bits per heavy atom. The summed E-state index contributed by atoms with van der Waals surface area (Å²) in [6.07, 6.45) is 6.45. The minimum absolute atomic E-state index is 0.0993. The average Bonchev–Trinajstić information content (AvgIpc) is 2.63. The molecule has 138 valence electrons. The van der Waals surface area contributed by atoms with Gasteiger partial charge < -0.3 is 10.1 Å². The zero-order valence-electron chi connectivity index (χ0n) is 15.0. The molecule has 7 heteroatoms. The minimum Gasteiger partial charge on any atom is -0.495 e. The van der Waals surface area contributed by atoms with E-state index < -0.39 is 10.0 Å². The first-order chi connectivity index (χ1) is 11.9. The summed E-state index contributed by atoms with van der Waals surface area (Å²) in [6, 6.07) is 4.56. The molecule has 0 fully saturated rings. The Hall–Kier alpha value is -1.86. The first kappa shape index (κ1) is 19.5. The number of rotatable bonds is 7. The van der Waals surface area contributed by atoms with Crippen molar-refractivity contribution in [2.75, 3.05) is 25.5 Å². The van der Waals surface area contributed by atoms with Crippen molar-refractivity contribution in [3.8, 4) is 5.75 Å². The summed E-state index contributed by atoms with van der Waals surface area (Å²) >= 11 is 0. The number of methoxy groups -OCH3 is 1. The van der Waals surface area contributed by atoms with Crippen LogP contribution in [0.25, 0.3) is 0 Å². The molecule has 2 rings (SSSR count). The quantitative estimate of drug-likeness (QED) is 0.753. The molecule has 1 N–H and O–H groups in total. The highest BCUT2D eigenvalue weighted by molar-refractivity contribution is 7.89. The van der Waals surface area contributed by atoms with Gasteiger partial charge in [0.2, 0.25) is 15.9 Å². The third-order valence-electron chi connectivity index (χ3n) is 4.41. The SMILES string of the molecule is CCN(CC)S(=O)(=O)c1ccc(OC)c(NC(=O)[C@@H]2CC=CCC2)c1. The van der Waals surface area contributed by atoms with E-state index in [2.05, 4.69) is 11.4 Å². The van der Waals surface area contributed by atoms with E-state index >= 15 is 0 Å². The molecule has 0 spiro atoms. The van der Waals surface area contributed by atoms with E-state index in [9.17, 15) is 13.2 Å². The van der Waals surface area contributed by atoms with E-state index in [0.29, 0.717) is 30.9 Å². The first-order valence-corrected chi connectivity index (χ1v) is 10.0. The maximum Gasteiger partial charge on any atom is 0.243 e. The van der Waals surface area contributed by atoms with Crippen LogP contribution >= 0.6 is 0 Å². The molecule has 1 aromatic carbocycles. The first-order valence-electron chi connectivity index (χ1n) is 8.58. The van der Waals surface area contributed by atoms with Gasteiger partial charge in [0.05, 0.1) is 17.7 Å². The molecular weight excluding hydrogens is 340 g/mol. The van der Waals surface area contributed by atoms with Gasteiger partial charge >= 0.3 is 0 Å². The number of sulfonamides is 1. The van der Waals surface area contributed by atoms with Crippen LogP contribution < -0.4 is 10.1 Å². The van der Waals surface area contributed by atoms with Gasteiger partial charge in [0.25, 0.3) is 0 Å². The fraction of sp³-hybridized carbons (Fsp3) is 0.500. The third kappa shape index (κ3) is 4.41. The molecule has 0 aromatic heterocycles. The van der Waals surface area contributed by atoms with Gasteiger partial charge in [-0.2, -0.15) is 4.31 Å². The van der Waals surface area contributed by atoms with Crippen molar-refractivity contribution in [3.63, 3.8) is 0 Å². The molecule has 1 aliphatic carbocycles. The van der Waals surface area contributed by atoms with Crippen LogP contribution in [0.15, 0.2) is 35.2 Å². The molecule has 1 amide bonds. The Labute approximate surface area is 149 Å². The van der Waals surface area contributed by atoms with Gasteiger partial charge in [-0.05, 0) is 37.5 Å². The maximum absolute atomic E-state index is 12.7. The number of nitrogens with zero attached hydrogens (tertiary/aromatic N) is 1. The third-order valence-corrected chi connectivity index (χ3v) is 6.46. The Balaban J connectivity index is 2.31. The number of allylic oxidation sites excluding steroid dienone is 2. The number of hydrogen-bond acceptors (Lipinski definition) is 4. The van der Waals surface area contributed by atoms with Crippen LogP contribution in [0.5, 0.6) is 5.75 Å². The molecule has 0 radical (unpaired) electrons. The van der Waals surface area contributed by atoms with Crippen molar-refractivity contribution in [2.24, 2.45) is 5.92 Å². The highest BCUT2D eigenvalue weighted by Gasteiger charge is 2.24. The van der Waals surface area contributed by atoms with E-state index in [1.165, 1.54) is 23.5 Å². The van der Waals surface area contributed by atoms with E-state index in [4.69, 9.17) is 4.74 Å². The van der Waals surface area contributed by atoms with Crippen LogP contribution in [0.1, 0.15) is 33.1 Å². The van der Waals surface area contributed by atoms with Gasteiger partial charge in [0.15, 0.2) is 0 Å². The van der Waals surface area contributed by atoms with Crippen molar-refractivity contribution in [3.05, 3.63) is 30.4 Å². The maximum atomic E-state index is 12.7. The van der Waals surface area contributed by atoms with E-state index in [1.807, 2.05) is 6.08 Å². The number of anilines is 1. The van der Waals surface area contributed by atoms with Gasteiger partial charge in [-0.1, -0.05) is 26.0 Å². The molecule has 1 aromatic rings. The predicted molar refractivity (Wildman–Crippen MR) is 98.2 cm³/mol. The molecule has 0 bridgehead atoms.